The quantitative estimate of drug-likeness (QED) is 0.647. The maximum absolute atomic E-state index is 9.81. The number of aliphatic hydroxyl groups is 1. The molecule has 0 aromatic carbocycles. The van der Waals surface area contributed by atoms with Crippen molar-refractivity contribution in [3.8, 4) is 0 Å². The largest absolute Gasteiger partial charge is 0.393 e. The van der Waals surface area contributed by atoms with Crippen molar-refractivity contribution in [3.63, 3.8) is 0 Å². The van der Waals surface area contributed by atoms with Gasteiger partial charge < -0.3 is 5.11 Å². The Kier molecular flexibility index (Phi) is 2.17. The first-order valence-electron chi connectivity index (χ1n) is 5.06. The summed E-state index contributed by atoms with van der Waals surface area (Å²) >= 11 is 0. The van der Waals surface area contributed by atoms with Crippen LogP contribution in [0.25, 0.3) is 0 Å². The van der Waals surface area contributed by atoms with Crippen LogP contribution in [0.3, 0.4) is 0 Å². The third-order valence-electron chi connectivity index (χ3n) is 3.24. The van der Waals surface area contributed by atoms with Gasteiger partial charge in [-0.05, 0) is 37.5 Å². The Bertz CT molecular complexity index is 123. The van der Waals surface area contributed by atoms with Gasteiger partial charge in [-0.2, -0.15) is 0 Å². The van der Waals surface area contributed by atoms with Gasteiger partial charge in [0.15, 0.2) is 0 Å². The van der Waals surface area contributed by atoms with Gasteiger partial charge in [-0.3, -0.25) is 0 Å². The Morgan fingerprint density at radius 1 is 0.818 bits per heavy atom. The lowest BCUT2D eigenvalue weighted by atomic mass is 9.84. The topological polar surface area (TPSA) is 20.2 Å². The van der Waals surface area contributed by atoms with Crippen LogP contribution in [0.15, 0.2) is 0 Å². The van der Waals surface area contributed by atoms with E-state index in [4.69, 9.17) is 0 Å². The summed E-state index contributed by atoms with van der Waals surface area (Å²) in [5, 5.41) is 9.81. The van der Waals surface area contributed by atoms with E-state index in [0.29, 0.717) is 11.8 Å². The lowest BCUT2D eigenvalue weighted by molar-refractivity contribution is 0.0660. The highest BCUT2D eigenvalue weighted by atomic mass is 16.3. The first-order valence-corrected chi connectivity index (χ1v) is 5.06. The normalized spacial score (nSPS) is 30.3. The fraction of sp³-hybridized carbons (Fsp3) is 1.00. The smallest absolute Gasteiger partial charge is 0.0596 e. The average Bonchev–Trinajstić information content (AvgIpc) is 2.87. The van der Waals surface area contributed by atoms with Crippen LogP contribution in [-0.2, 0) is 0 Å². The number of hydrogen-bond acceptors (Lipinski definition) is 1. The number of hydrogen-bond donors (Lipinski definition) is 1. The Hall–Kier alpha value is -0.0400. The van der Waals surface area contributed by atoms with Gasteiger partial charge in [0.05, 0.1) is 6.10 Å². The standard InChI is InChI=1S/C10H18O/c11-10(9-6-7-9)8-4-2-1-3-5-8/h8-11H,1-7H2. The van der Waals surface area contributed by atoms with Crippen molar-refractivity contribution in [2.75, 3.05) is 0 Å². The molecule has 11 heavy (non-hydrogen) atoms. The molecule has 2 saturated carbocycles. The molecular formula is C10H18O. The van der Waals surface area contributed by atoms with Crippen LogP contribution >= 0.6 is 0 Å². The molecule has 2 aliphatic carbocycles. The monoisotopic (exact) mass is 154 g/mol. The zero-order valence-corrected chi connectivity index (χ0v) is 7.13. The second-order valence-electron chi connectivity index (χ2n) is 4.23. The molecule has 0 spiro atoms. The maximum Gasteiger partial charge on any atom is 0.0596 e. The molecule has 2 fully saturated rings. The van der Waals surface area contributed by atoms with E-state index in [1.165, 1.54) is 44.9 Å². The molecule has 1 heteroatoms. The van der Waals surface area contributed by atoms with Gasteiger partial charge in [0.2, 0.25) is 0 Å². The maximum atomic E-state index is 9.81. The minimum absolute atomic E-state index is 0.0651. The summed E-state index contributed by atoms with van der Waals surface area (Å²) in [6.07, 6.45) is 9.33. The van der Waals surface area contributed by atoms with Gasteiger partial charge in [-0.15, -0.1) is 0 Å². The summed E-state index contributed by atoms with van der Waals surface area (Å²) in [6, 6.07) is 0. The third-order valence-corrected chi connectivity index (χ3v) is 3.24. The van der Waals surface area contributed by atoms with Gasteiger partial charge in [0.1, 0.15) is 0 Å². The summed E-state index contributed by atoms with van der Waals surface area (Å²) in [5.41, 5.74) is 0. The summed E-state index contributed by atoms with van der Waals surface area (Å²) in [5.74, 6) is 1.36. The molecule has 1 nitrogen and oxygen atoms in total. The summed E-state index contributed by atoms with van der Waals surface area (Å²) in [6.45, 7) is 0. The predicted octanol–water partition coefficient (Wildman–Crippen LogP) is 2.34. The van der Waals surface area contributed by atoms with E-state index in [1.54, 1.807) is 0 Å². The molecule has 0 saturated heterocycles. The summed E-state index contributed by atoms with van der Waals surface area (Å²) < 4.78 is 0. The lowest BCUT2D eigenvalue weighted by Gasteiger charge is -2.26. The van der Waals surface area contributed by atoms with E-state index in [0.717, 1.165) is 0 Å². The molecule has 0 heterocycles. The molecule has 1 unspecified atom stereocenters. The van der Waals surface area contributed by atoms with E-state index in [9.17, 15) is 5.11 Å². The van der Waals surface area contributed by atoms with Crippen LogP contribution in [0, 0.1) is 11.8 Å². The Labute approximate surface area is 68.8 Å². The first-order chi connectivity index (χ1) is 5.38. The van der Waals surface area contributed by atoms with Crippen molar-refractivity contribution in [2.45, 2.75) is 51.0 Å². The van der Waals surface area contributed by atoms with Crippen LogP contribution in [-0.4, -0.2) is 11.2 Å². The molecule has 0 aliphatic heterocycles. The Morgan fingerprint density at radius 3 is 1.91 bits per heavy atom. The molecular weight excluding hydrogens is 136 g/mol. The van der Waals surface area contributed by atoms with E-state index in [-0.39, 0.29) is 6.10 Å². The zero-order chi connectivity index (χ0) is 7.68. The molecule has 2 aliphatic rings. The molecule has 1 N–H and O–H groups in total. The molecule has 0 bridgehead atoms. The molecule has 0 aromatic rings. The second-order valence-corrected chi connectivity index (χ2v) is 4.23. The van der Waals surface area contributed by atoms with E-state index < -0.39 is 0 Å². The SMILES string of the molecule is OC(C1CCCCC1)C1CC1. The van der Waals surface area contributed by atoms with Crippen LogP contribution in [0.4, 0.5) is 0 Å². The van der Waals surface area contributed by atoms with Crippen LogP contribution in [0.2, 0.25) is 0 Å². The van der Waals surface area contributed by atoms with Crippen LogP contribution < -0.4 is 0 Å². The van der Waals surface area contributed by atoms with Crippen molar-refractivity contribution in [1.82, 2.24) is 0 Å². The highest BCUT2D eigenvalue weighted by molar-refractivity contribution is 4.86. The molecule has 0 aromatic heterocycles. The third kappa shape index (κ3) is 1.76. The van der Waals surface area contributed by atoms with Crippen molar-refractivity contribution in [1.29, 1.82) is 0 Å². The van der Waals surface area contributed by atoms with Crippen molar-refractivity contribution < 1.29 is 5.11 Å². The Balaban J connectivity index is 1.81. The highest BCUT2D eigenvalue weighted by Gasteiger charge is 2.35. The Morgan fingerprint density at radius 2 is 1.36 bits per heavy atom. The fourth-order valence-corrected chi connectivity index (χ4v) is 2.30. The van der Waals surface area contributed by atoms with Gasteiger partial charge in [0, 0.05) is 0 Å². The van der Waals surface area contributed by atoms with Gasteiger partial charge in [-0.25, -0.2) is 0 Å². The number of aliphatic hydroxyl groups excluding tert-OH is 1. The summed E-state index contributed by atoms with van der Waals surface area (Å²) in [4.78, 5) is 0. The lowest BCUT2D eigenvalue weighted by Crippen LogP contribution is -2.24. The minimum atomic E-state index is 0.0651. The van der Waals surface area contributed by atoms with Crippen molar-refractivity contribution in [2.24, 2.45) is 11.8 Å². The molecule has 64 valence electrons. The fourth-order valence-electron chi connectivity index (χ4n) is 2.30. The highest BCUT2D eigenvalue weighted by Crippen LogP contribution is 2.40. The van der Waals surface area contributed by atoms with Gasteiger partial charge in [-0.1, -0.05) is 19.3 Å². The number of rotatable bonds is 2. The summed E-state index contributed by atoms with van der Waals surface area (Å²) in [7, 11) is 0. The molecule has 1 atom stereocenters. The molecule has 2 rings (SSSR count). The van der Waals surface area contributed by atoms with Crippen molar-refractivity contribution >= 4 is 0 Å². The average molecular weight is 154 g/mol. The first kappa shape index (κ1) is 7.60. The van der Waals surface area contributed by atoms with E-state index in [1.807, 2.05) is 0 Å². The minimum Gasteiger partial charge on any atom is -0.393 e. The molecule has 0 amide bonds. The second kappa shape index (κ2) is 3.14. The van der Waals surface area contributed by atoms with Gasteiger partial charge >= 0.3 is 0 Å². The zero-order valence-electron chi connectivity index (χ0n) is 7.13. The van der Waals surface area contributed by atoms with Crippen molar-refractivity contribution in [3.05, 3.63) is 0 Å². The predicted molar refractivity (Wildman–Crippen MR) is 45.3 cm³/mol. The van der Waals surface area contributed by atoms with E-state index >= 15 is 0 Å². The molecule has 0 radical (unpaired) electrons. The van der Waals surface area contributed by atoms with Crippen LogP contribution in [0.1, 0.15) is 44.9 Å². The van der Waals surface area contributed by atoms with Gasteiger partial charge in [0.25, 0.3) is 0 Å². The van der Waals surface area contributed by atoms with E-state index in [2.05, 4.69) is 0 Å². The van der Waals surface area contributed by atoms with Crippen LogP contribution in [0.5, 0.6) is 0 Å².